The minimum atomic E-state index is -1.10. The van der Waals surface area contributed by atoms with Crippen LogP contribution in [0, 0.1) is 0 Å². The van der Waals surface area contributed by atoms with Crippen molar-refractivity contribution in [2.75, 3.05) is 14.2 Å². The third-order valence-electron chi connectivity index (χ3n) is 3.71. The van der Waals surface area contributed by atoms with E-state index in [1.165, 1.54) is 0 Å². The number of ether oxygens (including phenoxy) is 2. The van der Waals surface area contributed by atoms with E-state index in [-0.39, 0.29) is 0 Å². The van der Waals surface area contributed by atoms with Crippen LogP contribution in [0.2, 0.25) is 0 Å². The lowest BCUT2D eigenvalue weighted by atomic mass is 9.89. The third kappa shape index (κ3) is 4.02. The Morgan fingerprint density at radius 1 is 1.09 bits per heavy atom. The lowest BCUT2D eigenvalue weighted by Gasteiger charge is -2.24. The minimum absolute atomic E-state index is 0.423. The molecule has 3 heteroatoms. The summed E-state index contributed by atoms with van der Waals surface area (Å²) in [5.41, 5.74) is 0.587. The Balaban J connectivity index is 2.37. The molecule has 3 nitrogen and oxygen atoms in total. The summed E-state index contributed by atoms with van der Waals surface area (Å²) in [6, 6.07) is 15.1. The van der Waals surface area contributed by atoms with Crippen molar-refractivity contribution in [1.82, 2.24) is 0 Å². The van der Waals surface area contributed by atoms with Crippen LogP contribution >= 0.6 is 0 Å². The lowest BCUT2D eigenvalue weighted by Crippen LogP contribution is -2.21. The Hall–Kier alpha value is -2.52. The SMILES string of the molecule is C=CCC(O)(/C=C/c1ccc(OC)cc1OC)c1ccccc1. The van der Waals surface area contributed by atoms with Gasteiger partial charge in [-0.2, -0.15) is 0 Å². The molecule has 0 saturated carbocycles. The van der Waals surface area contributed by atoms with E-state index >= 15 is 0 Å². The van der Waals surface area contributed by atoms with Crippen LogP contribution < -0.4 is 9.47 Å². The summed E-state index contributed by atoms with van der Waals surface area (Å²) >= 11 is 0. The van der Waals surface area contributed by atoms with Crippen molar-refractivity contribution in [3.8, 4) is 11.5 Å². The minimum Gasteiger partial charge on any atom is -0.497 e. The third-order valence-corrected chi connectivity index (χ3v) is 3.71. The molecule has 2 aromatic rings. The van der Waals surface area contributed by atoms with Gasteiger partial charge in [0.05, 0.1) is 14.2 Å². The van der Waals surface area contributed by atoms with E-state index in [1.54, 1.807) is 26.4 Å². The molecule has 0 aliphatic carbocycles. The average Bonchev–Trinajstić information content (AvgIpc) is 2.60. The van der Waals surface area contributed by atoms with E-state index in [0.717, 1.165) is 16.9 Å². The second-order valence-electron chi connectivity index (χ2n) is 5.22. The molecule has 0 saturated heterocycles. The molecule has 1 unspecified atom stereocenters. The summed E-state index contributed by atoms with van der Waals surface area (Å²) < 4.78 is 10.6. The average molecular weight is 310 g/mol. The van der Waals surface area contributed by atoms with Crippen molar-refractivity contribution in [2.24, 2.45) is 0 Å². The molecule has 1 atom stereocenters. The number of rotatable bonds is 7. The highest BCUT2D eigenvalue weighted by Gasteiger charge is 2.24. The van der Waals surface area contributed by atoms with E-state index in [0.29, 0.717) is 12.2 Å². The van der Waals surface area contributed by atoms with Crippen LogP contribution in [0.5, 0.6) is 11.5 Å². The molecular formula is C20H22O3. The molecule has 0 aliphatic rings. The van der Waals surface area contributed by atoms with Crippen molar-refractivity contribution >= 4 is 6.08 Å². The molecule has 120 valence electrons. The number of methoxy groups -OCH3 is 2. The zero-order valence-electron chi connectivity index (χ0n) is 13.5. The summed E-state index contributed by atoms with van der Waals surface area (Å²) in [6.45, 7) is 3.75. The summed E-state index contributed by atoms with van der Waals surface area (Å²) in [7, 11) is 3.22. The van der Waals surface area contributed by atoms with Crippen molar-refractivity contribution in [3.05, 3.63) is 78.4 Å². The fourth-order valence-electron chi connectivity index (χ4n) is 2.41. The fraction of sp³-hybridized carbons (Fsp3) is 0.200. The highest BCUT2D eigenvalue weighted by atomic mass is 16.5. The molecule has 0 aliphatic heterocycles. The van der Waals surface area contributed by atoms with Crippen LogP contribution in [-0.2, 0) is 5.60 Å². The van der Waals surface area contributed by atoms with Crippen LogP contribution in [0.4, 0.5) is 0 Å². The van der Waals surface area contributed by atoms with E-state index in [2.05, 4.69) is 6.58 Å². The topological polar surface area (TPSA) is 38.7 Å². The highest BCUT2D eigenvalue weighted by molar-refractivity contribution is 5.60. The molecule has 0 spiro atoms. The normalized spacial score (nSPS) is 13.5. The van der Waals surface area contributed by atoms with Gasteiger partial charge in [0.25, 0.3) is 0 Å². The maximum Gasteiger partial charge on any atom is 0.129 e. The van der Waals surface area contributed by atoms with Gasteiger partial charge < -0.3 is 14.6 Å². The van der Waals surface area contributed by atoms with Crippen molar-refractivity contribution in [2.45, 2.75) is 12.0 Å². The van der Waals surface area contributed by atoms with Crippen molar-refractivity contribution in [3.63, 3.8) is 0 Å². The van der Waals surface area contributed by atoms with Gasteiger partial charge in [0.15, 0.2) is 0 Å². The Morgan fingerprint density at radius 3 is 2.43 bits per heavy atom. The van der Waals surface area contributed by atoms with Gasteiger partial charge in [-0.25, -0.2) is 0 Å². The molecule has 2 rings (SSSR count). The second kappa shape index (κ2) is 7.65. The highest BCUT2D eigenvalue weighted by Crippen LogP contribution is 2.31. The number of hydrogen-bond acceptors (Lipinski definition) is 3. The van der Waals surface area contributed by atoms with Gasteiger partial charge in [-0.15, -0.1) is 6.58 Å². The molecular weight excluding hydrogens is 288 g/mol. The second-order valence-corrected chi connectivity index (χ2v) is 5.22. The predicted molar refractivity (Wildman–Crippen MR) is 93.7 cm³/mol. The first-order valence-electron chi connectivity index (χ1n) is 7.43. The Kier molecular flexibility index (Phi) is 5.61. The first-order chi connectivity index (χ1) is 11.1. The van der Waals surface area contributed by atoms with Crippen molar-refractivity contribution in [1.29, 1.82) is 0 Å². The van der Waals surface area contributed by atoms with Gasteiger partial charge in [0.2, 0.25) is 0 Å². The molecule has 0 fully saturated rings. The summed E-state index contributed by atoms with van der Waals surface area (Å²) in [4.78, 5) is 0. The van der Waals surface area contributed by atoms with Crippen LogP contribution in [0.3, 0.4) is 0 Å². The predicted octanol–water partition coefficient (Wildman–Crippen LogP) is 4.18. The monoisotopic (exact) mass is 310 g/mol. The zero-order chi connectivity index (χ0) is 16.7. The standard InChI is InChI=1S/C20H22O3/c1-4-13-20(21,17-8-6-5-7-9-17)14-12-16-10-11-18(22-2)15-19(16)23-3/h4-12,14-15,21H,1,13H2,2-3H3/b14-12+. The van der Waals surface area contributed by atoms with Gasteiger partial charge in [-0.05, 0) is 23.8 Å². The fourth-order valence-corrected chi connectivity index (χ4v) is 2.41. The van der Waals surface area contributed by atoms with Gasteiger partial charge >= 0.3 is 0 Å². The van der Waals surface area contributed by atoms with Crippen LogP contribution in [0.25, 0.3) is 6.08 Å². The molecule has 23 heavy (non-hydrogen) atoms. The Bertz CT molecular complexity index is 677. The van der Waals surface area contributed by atoms with Crippen LogP contribution in [-0.4, -0.2) is 19.3 Å². The zero-order valence-corrected chi connectivity index (χ0v) is 13.5. The first-order valence-corrected chi connectivity index (χ1v) is 7.43. The van der Waals surface area contributed by atoms with E-state index < -0.39 is 5.60 Å². The van der Waals surface area contributed by atoms with Crippen LogP contribution in [0.1, 0.15) is 17.5 Å². The van der Waals surface area contributed by atoms with Gasteiger partial charge in [-0.3, -0.25) is 0 Å². The molecule has 0 bridgehead atoms. The van der Waals surface area contributed by atoms with Gasteiger partial charge in [0.1, 0.15) is 17.1 Å². The maximum absolute atomic E-state index is 11.0. The maximum atomic E-state index is 11.0. The van der Waals surface area contributed by atoms with Gasteiger partial charge in [0, 0.05) is 18.1 Å². The number of hydrogen-bond donors (Lipinski definition) is 1. The summed E-state index contributed by atoms with van der Waals surface area (Å²) in [6.07, 6.45) is 5.76. The van der Waals surface area contributed by atoms with E-state index in [1.807, 2.05) is 54.6 Å². The first kappa shape index (κ1) is 16.8. The Labute approximate surface area is 137 Å². The molecule has 2 aromatic carbocycles. The molecule has 1 N–H and O–H groups in total. The lowest BCUT2D eigenvalue weighted by molar-refractivity contribution is 0.0938. The number of benzene rings is 2. The molecule has 0 heterocycles. The molecule has 0 amide bonds. The quantitative estimate of drug-likeness (QED) is 0.780. The van der Waals surface area contributed by atoms with Crippen LogP contribution in [0.15, 0.2) is 67.3 Å². The molecule has 0 aromatic heterocycles. The van der Waals surface area contributed by atoms with E-state index in [4.69, 9.17) is 9.47 Å². The summed E-state index contributed by atoms with van der Waals surface area (Å²) in [5.74, 6) is 1.41. The summed E-state index contributed by atoms with van der Waals surface area (Å²) in [5, 5.41) is 11.0. The number of aliphatic hydroxyl groups is 1. The van der Waals surface area contributed by atoms with Gasteiger partial charge in [-0.1, -0.05) is 42.5 Å². The largest absolute Gasteiger partial charge is 0.497 e. The molecule has 0 radical (unpaired) electrons. The Morgan fingerprint density at radius 2 is 1.83 bits per heavy atom. The van der Waals surface area contributed by atoms with Crippen molar-refractivity contribution < 1.29 is 14.6 Å². The van der Waals surface area contributed by atoms with E-state index in [9.17, 15) is 5.11 Å². The smallest absolute Gasteiger partial charge is 0.129 e.